The molecule has 0 unspecified atom stereocenters. The minimum Gasteiger partial charge on any atom is -0.390 e. The fourth-order valence-electron chi connectivity index (χ4n) is 2.31. The summed E-state index contributed by atoms with van der Waals surface area (Å²) in [5.74, 6) is -0.756. The average molecular weight is 301 g/mol. The van der Waals surface area contributed by atoms with Crippen molar-refractivity contribution in [3.05, 3.63) is 71.4 Å². The molecule has 0 aliphatic rings. The maximum Gasteiger partial charge on any atom is 0.128 e. The lowest BCUT2D eigenvalue weighted by molar-refractivity contribution is 0.277. The van der Waals surface area contributed by atoms with Crippen molar-refractivity contribution in [2.45, 2.75) is 13.2 Å². The van der Waals surface area contributed by atoms with Crippen LogP contribution in [0.15, 0.2) is 48.5 Å². The monoisotopic (exact) mass is 301 g/mol. The molecule has 0 saturated heterocycles. The number of hydrogen-bond acceptors (Lipinski definition) is 3. The number of halogens is 2. The highest BCUT2D eigenvalue weighted by molar-refractivity contribution is 5.62. The van der Waals surface area contributed by atoms with Crippen molar-refractivity contribution in [3.8, 4) is 11.3 Å². The summed E-state index contributed by atoms with van der Waals surface area (Å²) in [6, 6.07) is 12.2. The zero-order valence-electron chi connectivity index (χ0n) is 11.6. The van der Waals surface area contributed by atoms with E-state index in [0.717, 1.165) is 0 Å². The summed E-state index contributed by atoms with van der Waals surface area (Å²) in [4.78, 5) is 0. The number of aliphatic hydroxyl groups is 1. The van der Waals surface area contributed by atoms with Crippen molar-refractivity contribution in [1.29, 1.82) is 0 Å². The highest BCUT2D eigenvalue weighted by Gasteiger charge is 2.16. The predicted molar refractivity (Wildman–Crippen MR) is 76.8 cm³/mol. The molecule has 6 heteroatoms. The fourth-order valence-corrected chi connectivity index (χ4v) is 2.31. The van der Waals surface area contributed by atoms with Gasteiger partial charge in [-0.15, -0.1) is 5.10 Å². The van der Waals surface area contributed by atoms with Gasteiger partial charge >= 0.3 is 0 Å². The number of benzene rings is 2. The topological polar surface area (TPSA) is 50.9 Å². The summed E-state index contributed by atoms with van der Waals surface area (Å²) < 4.78 is 28.7. The van der Waals surface area contributed by atoms with E-state index in [1.165, 1.54) is 22.9 Å². The van der Waals surface area contributed by atoms with Crippen molar-refractivity contribution < 1.29 is 13.9 Å². The molecule has 2 aromatic carbocycles. The zero-order valence-corrected chi connectivity index (χ0v) is 11.6. The largest absolute Gasteiger partial charge is 0.390 e. The number of hydrogen-bond donors (Lipinski definition) is 1. The molecule has 0 atom stereocenters. The highest BCUT2D eigenvalue weighted by Crippen LogP contribution is 2.24. The second kappa shape index (κ2) is 6.03. The molecule has 22 heavy (non-hydrogen) atoms. The third-order valence-corrected chi connectivity index (χ3v) is 3.33. The molecule has 0 aliphatic heterocycles. The van der Waals surface area contributed by atoms with Gasteiger partial charge in [0.05, 0.1) is 18.8 Å². The molecule has 1 heterocycles. The third-order valence-electron chi connectivity index (χ3n) is 3.33. The molecule has 0 aliphatic carbocycles. The molecule has 0 spiro atoms. The van der Waals surface area contributed by atoms with Crippen LogP contribution in [0.25, 0.3) is 11.3 Å². The van der Waals surface area contributed by atoms with E-state index >= 15 is 0 Å². The molecular formula is C16H13F2N3O. The van der Waals surface area contributed by atoms with E-state index in [0.29, 0.717) is 22.5 Å². The maximum atomic E-state index is 13.8. The SMILES string of the molecule is OCc1nnn(Cc2ccccc2F)c1-c1cccc(F)c1. The van der Waals surface area contributed by atoms with Crippen LogP contribution in [0.3, 0.4) is 0 Å². The van der Waals surface area contributed by atoms with Crippen molar-refractivity contribution in [1.82, 2.24) is 15.0 Å². The normalized spacial score (nSPS) is 10.9. The van der Waals surface area contributed by atoms with Gasteiger partial charge in [-0.1, -0.05) is 35.5 Å². The molecule has 1 aromatic heterocycles. The summed E-state index contributed by atoms with van der Waals surface area (Å²) in [5, 5.41) is 17.2. The minimum atomic E-state index is -0.403. The Morgan fingerprint density at radius 3 is 2.59 bits per heavy atom. The summed E-state index contributed by atoms with van der Waals surface area (Å²) in [7, 11) is 0. The first-order valence-corrected chi connectivity index (χ1v) is 6.71. The van der Waals surface area contributed by atoms with Crippen LogP contribution < -0.4 is 0 Å². The third kappa shape index (κ3) is 2.73. The van der Waals surface area contributed by atoms with Crippen molar-refractivity contribution in [3.63, 3.8) is 0 Å². The molecule has 112 valence electrons. The smallest absolute Gasteiger partial charge is 0.128 e. The second-order valence-corrected chi connectivity index (χ2v) is 4.80. The van der Waals surface area contributed by atoms with Crippen LogP contribution >= 0.6 is 0 Å². The van der Waals surface area contributed by atoms with Crippen LogP contribution in [0.2, 0.25) is 0 Å². The van der Waals surface area contributed by atoms with E-state index in [1.54, 1.807) is 30.3 Å². The Balaban J connectivity index is 2.06. The molecule has 0 amide bonds. The van der Waals surface area contributed by atoms with Crippen molar-refractivity contribution >= 4 is 0 Å². The van der Waals surface area contributed by atoms with Crippen LogP contribution in [0.4, 0.5) is 8.78 Å². The van der Waals surface area contributed by atoms with E-state index in [-0.39, 0.29) is 19.0 Å². The number of rotatable bonds is 4. The Hall–Kier alpha value is -2.60. The van der Waals surface area contributed by atoms with Gasteiger partial charge in [0.25, 0.3) is 0 Å². The van der Waals surface area contributed by atoms with Crippen LogP contribution in [0, 0.1) is 11.6 Å². The Labute approximate surface area is 125 Å². The molecule has 0 fully saturated rings. The van der Waals surface area contributed by atoms with Gasteiger partial charge in [0, 0.05) is 11.1 Å². The molecule has 1 N–H and O–H groups in total. The molecule has 0 bridgehead atoms. The van der Waals surface area contributed by atoms with Crippen LogP contribution in [-0.2, 0) is 13.2 Å². The van der Waals surface area contributed by atoms with Gasteiger partial charge in [0.15, 0.2) is 0 Å². The molecule has 3 aromatic rings. The Bertz CT molecular complexity index is 802. The molecule has 0 saturated carbocycles. The van der Waals surface area contributed by atoms with E-state index in [1.807, 2.05) is 0 Å². The van der Waals surface area contributed by atoms with Crippen molar-refractivity contribution in [2.24, 2.45) is 0 Å². The van der Waals surface area contributed by atoms with Crippen LogP contribution in [-0.4, -0.2) is 20.1 Å². The quantitative estimate of drug-likeness (QED) is 0.806. The number of aromatic nitrogens is 3. The summed E-state index contributed by atoms with van der Waals surface area (Å²) in [5.41, 5.74) is 1.77. The first kappa shape index (κ1) is 14.3. The molecule has 4 nitrogen and oxygen atoms in total. The second-order valence-electron chi connectivity index (χ2n) is 4.80. The van der Waals surface area contributed by atoms with Gasteiger partial charge < -0.3 is 5.11 Å². The summed E-state index contributed by atoms with van der Waals surface area (Å²) in [6.45, 7) is -0.186. The average Bonchev–Trinajstić information content (AvgIpc) is 2.92. The Kier molecular flexibility index (Phi) is 3.93. The number of nitrogens with zero attached hydrogens (tertiary/aromatic N) is 3. The molecule has 0 radical (unpaired) electrons. The van der Waals surface area contributed by atoms with E-state index in [4.69, 9.17) is 0 Å². The summed E-state index contributed by atoms with van der Waals surface area (Å²) in [6.07, 6.45) is 0. The lowest BCUT2D eigenvalue weighted by Gasteiger charge is -2.09. The zero-order chi connectivity index (χ0) is 15.5. The first-order valence-electron chi connectivity index (χ1n) is 6.71. The Morgan fingerprint density at radius 1 is 1.05 bits per heavy atom. The van der Waals surface area contributed by atoms with Gasteiger partial charge in [0.1, 0.15) is 17.3 Å². The summed E-state index contributed by atoms with van der Waals surface area (Å²) >= 11 is 0. The Morgan fingerprint density at radius 2 is 1.86 bits per heavy atom. The van der Waals surface area contributed by atoms with Gasteiger partial charge in [-0.25, -0.2) is 13.5 Å². The van der Waals surface area contributed by atoms with Gasteiger partial charge in [-0.2, -0.15) is 0 Å². The van der Waals surface area contributed by atoms with E-state index in [9.17, 15) is 13.9 Å². The van der Waals surface area contributed by atoms with Gasteiger partial charge in [-0.05, 0) is 18.2 Å². The predicted octanol–water partition coefficient (Wildman–Crippen LogP) is 2.76. The van der Waals surface area contributed by atoms with E-state index < -0.39 is 5.82 Å². The van der Waals surface area contributed by atoms with E-state index in [2.05, 4.69) is 10.3 Å². The maximum absolute atomic E-state index is 13.8. The first-order chi connectivity index (χ1) is 10.7. The lowest BCUT2D eigenvalue weighted by atomic mass is 10.1. The lowest BCUT2D eigenvalue weighted by Crippen LogP contribution is -2.06. The molecular weight excluding hydrogens is 288 g/mol. The number of aliphatic hydroxyl groups excluding tert-OH is 1. The molecule has 3 rings (SSSR count). The fraction of sp³-hybridized carbons (Fsp3) is 0.125. The van der Waals surface area contributed by atoms with Crippen LogP contribution in [0.5, 0.6) is 0 Å². The minimum absolute atomic E-state index is 0.144. The van der Waals surface area contributed by atoms with Crippen LogP contribution in [0.1, 0.15) is 11.3 Å². The highest BCUT2D eigenvalue weighted by atomic mass is 19.1. The standard InChI is InChI=1S/C16H13F2N3O/c17-13-6-3-5-11(8-13)16-15(10-22)19-20-21(16)9-12-4-1-2-7-14(12)18/h1-8,22H,9-10H2. The van der Waals surface area contributed by atoms with Crippen molar-refractivity contribution in [2.75, 3.05) is 0 Å². The van der Waals surface area contributed by atoms with Gasteiger partial charge in [0.2, 0.25) is 0 Å². The van der Waals surface area contributed by atoms with Gasteiger partial charge in [-0.3, -0.25) is 0 Å².